The van der Waals surface area contributed by atoms with Crippen molar-refractivity contribution in [1.82, 2.24) is 4.31 Å². The zero-order valence-corrected chi connectivity index (χ0v) is 19.5. The van der Waals surface area contributed by atoms with Crippen LogP contribution in [0.15, 0.2) is 35.2 Å². The molecule has 1 N–H and O–H groups in total. The van der Waals surface area contributed by atoms with Gasteiger partial charge in [0.1, 0.15) is 0 Å². The zero-order chi connectivity index (χ0) is 22.6. The second kappa shape index (κ2) is 9.89. The Hall–Kier alpha value is -2.29. The molecule has 0 aliphatic carbocycles. The molecule has 0 spiro atoms. The van der Waals surface area contributed by atoms with E-state index in [0.29, 0.717) is 42.4 Å². The first-order valence-electron chi connectivity index (χ1n) is 10.2. The predicted molar refractivity (Wildman–Crippen MR) is 121 cm³/mol. The third-order valence-corrected chi connectivity index (χ3v) is 7.48. The number of nitrogens with zero attached hydrogens (tertiary/aromatic N) is 1. The maximum Gasteiger partial charge on any atom is 0.255 e. The van der Waals surface area contributed by atoms with Crippen LogP contribution in [-0.2, 0) is 10.0 Å². The van der Waals surface area contributed by atoms with Crippen molar-refractivity contribution in [2.24, 2.45) is 0 Å². The second-order valence-corrected chi connectivity index (χ2v) is 9.64. The third kappa shape index (κ3) is 5.14. The summed E-state index contributed by atoms with van der Waals surface area (Å²) < 4.78 is 38.5. The Bertz CT molecular complexity index is 1070. The van der Waals surface area contributed by atoms with Crippen molar-refractivity contribution in [3.63, 3.8) is 0 Å². The molecule has 0 radical (unpaired) electrons. The molecule has 0 aromatic heterocycles. The summed E-state index contributed by atoms with van der Waals surface area (Å²) >= 11 is 6.26. The van der Waals surface area contributed by atoms with Crippen LogP contribution in [0, 0.1) is 6.92 Å². The van der Waals surface area contributed by atoms with Gasteiger partial charge in [0.05, 0.1) is 23.6 Å². The average Bonchev–Trinajstić information content (AvgIpc) is 2.76. The fraction of sp³-hybridized carbons (Fsp3) is 0.409. The fourth-order valence-corrected chi connectivity index (χ4v) is 5.57. The van der Waals surface area contributed by atoms with Gasteiger partial charge in [-0.25, -0.2) is 8.42 Å². The molecule has 31 heavy (non-hydrogen) atoms. The van der Waals surface area contributed by atoms with E-state index in [4.69, 9.17) is 21.1 Å². The van der Waals surface area contributed by atoms with E-state index >= 15 is 0 Å². The van der Waals surface area contributed by atoms with Gasteiger partial charge in [0.2, 0.25) is 10.0 Å². The molecule has 9 heteroatoms. The first kappa shape index (κ1) is 23.4. The largest absolute Gasteiger partial charge is 0.493 e. The van der Waals surface area contributed by atoms with Crippen molar-refractivity contribution in [2.45, 2.75) is 38.0 Å². The molecular weight excluding hydrogens is 440 g/mol. The van der Waals surface area contributed by atoms with E-state index in [1.165, 1.54) is 29.6 Å². The molecule has 0 saturated carbocycles. The van der Waals surface area contributed by atoms with E-state index < -0.39 is 15.9 Å². The number of ether oxygens (including phenoxy) is 2. The van der Waals surface area contributed by atoms with Crippen LogP contribution in [0.25, 0.3) is 0 Å². The Morgan fingerprint density at radius 1 is 1.16 bits per heavy atom. The van der Waals surface area contributed by atoms with E-state index in [-0.39, 0.29) is 15.5 Å². The minimum absolute atomic E-state index is 0.203. The van der Waals surface area contributed by atoms with Gasteiger partial charge in [-0.2, -0.15) is 4.31 Å². The van der Waals surface area contributed by atoms with Crippen LogP contribution in [-0.4, -0.2) is 45.4 Å². The van der Waals surface area contributed by atoms with Gasteiger partial charge in [-0.15, -0.1) is 0 Å². The monoisotopic (exact) mass is 466 g/mol. The van der Waals surface area contributed by atoms with Crippen LogP contribution in [0.3, 0.4) is 0 Å². The van der Waals surface area contributed by atoms with Gasteiger partial charge in [-0.1, -0.05) is 24.1 Å². The lowest BCUT2D eigenvalue weighted by Crippen LogP contribution is -2.36. The molecule has 1 aliphatic heterocycles. The van der Waals surface area contributed by atoms with E-state index in [0.717, 1.165) is 19.3 Å². The number of benzene rings is 2. The van der Waals surface area contributed by atoms with Gasteiger partial charge in [0.25, 0.3) is 5.91 Å². The number of carbonyl (C=O) groups is 1. The number of piperidine rings is 1. The smallest absolute Gasteiger partial charge is 0.255 e. The summed E-state index contributed by atoms with van der Waals surface area (Å²) in [5.41, 5.74) is 1.29. The van der Waals surface area contributed by atoms with E-state index in [1.54, 1.807) is 19.1 Å². The summed E-state index contributed by atoms with van der Waals surface area (Å²) in [6.45, 7) is 5.01. The lowest BCUT2D eigenvalue weighted by molar-refractivity contribution is 0.102. The maximum atomic E-state index is 13.1. The molecule has 168 valence electrons. The highest BCUT2D eigenvalue weighted by atomic mass is 35.5. The molecule has 1 heterocycles. The van der Waals surface area contributed by atoms with Crippen LogP contribution in [0.5, 0.6) is 11.5 Å². The number of carbonyl (C=O) groups excluding carboxylic acids is 1. The first-order chi connectivity index (χ1) is 14.8. The molecule has 1 amide bonds. The lowest BCUT2D eigenvalue weighted by Gasteiger charge is -2.26. The third-order valence-electron chi connectivity index (χ3n) is 5.16. The summed E-state index contributed by atoms with van der Waals surface area (Å²) in [6, 6.07) is 7.90. The molecule has 1 saturated heterocycles. The number of hydrogen-bond acceptors (Lipinski definition) is 5. The minimum Gasteiger partial charge on any atom is -0.493 e. The molecule has 2 aromatic carbocycles. The number of aryl methyl sites for hydroxylation is 1. The van der Waals surface area contributed by atoms with Crippen LogP contribution < -0.4 is 14.8 Å². The number of nitrogens with one attached hydrogen (secondary N) is 1. The molecule has 3 rings (SSSR count). The van der Waals surface area contributed by atoms with Crippen molar-refractivity contribution >= 4 is 33.2 Å². The average molecular weight is 467 g/mol. The Balaban J connectivity index is 1.87. The highest BCUT2D eigenvalue weighted by Crippen LogP contribution is 2.36. The van der Waals surface area contributed by atoms with Gasteiger partial charge in [-0.3, -0.25) is 4.79 Å². The number of hydrogen-bond donors (Lipinski definition) is 1. The molecule has 0 unspecified atom stereocenters. The van der Waals surface area contributed by atoms with Crippen molar-refractivity contribution in [2.75, 3.05) is 32.1 Å². The summed E-state index contributed by atoms with van der Waals surface area (Å²) in [5, 5.41) is 3.01. The highest BCUT2D eigenvalue weighted by Gasteiger charge is 2.27. The Morgan fingerprint density at radius 2 is 1.87 bits per heavy atom. The molecular formula is C22H27ClN2O5S. The predicted octanol–water partition coefficient (Wildman–Crippen LogP) is 4.48. The van der Waals surface area contributed by atoms with Gasteiger partial charge in [-0.05, 0) is 56.5 Å². The van der Waals surface area contributed by atoms with Crippen molar-refractivity contribution in [1.29, 1.82) is 0 Å². The number of amides is 1. The maximum absolute atomic E-state index is 13.1. The van der Waals surface area contributed by atoms with E-state index in [2.05, 4.69) is 5.32 Å². The Labute approximate surface area is 188 Å². The number of rotatable bonds is 7. The SMILES string of the molecule is CCOc1c(Cl)cc(C(=O)Nc2ccc(C)c(S(=O)(=O)N3CCCCC3)c2)cc1OC. The molecule has 1 fully saturated rings. The van der Waals surface area contributed by atoms with Crippen LogP contribution in [0.2, 0.25) is 5.02 Å². The molecule has 7 nitrogen and oxygen atoms in total. The number of halogens is 1. The van der Waals surface area contributed by atoms with Gasteiger partial charge in [0.15, 0.2) is 11.5 Å². The molecule has 0 atom stereocenters. The van der Waals surface area contributed by atoms with Gasteiger partial charge in [0, 0.05) is 24.3 Å². The standard InChI is InChI=1S/C22H27ClN2O5S/c1-4-30-21-18(23)12-16(13-19(21)29-3)22(26)24-17-9-8-15(2)20(14-17)31(27,28)25-10-6-5-7-11-25/h8-9,12-14H,4-7,10-11H2,1-3H3,(H,24,26). The Morgan fingerprint density at radius 3 is 2.52 bits per heavy atom. The van der Waals surface area contributed by atoms with Crippen LogP contribution in [0.1, 0.15) is 42.1 Å². The molecule has 1 aliphatic rings. The van der Waals surface area contributed by atoms with E-state index in [9.17, 15) is 13.2 Å². The summed E-state index contributed by atoms with van der Waals surface area (Å²) in [6.07, 6.45) is 2.75. The highest BCUT2D eigenvalue weighted by molar-refractivity contribution is 7.89. The van der Waals surface area contributed by atoms with Gasteiger partial charge < -0.3 is 14.8 Å². The lowest BCUT2D eigenvalue weighted by atomic mass is 10.1. The summed E-state index contributed by atoms with van der Waals surface area (Å²) in [4.78, 5) is 13.0. The number of sulfonamides is 1. The zero-order valence-electron chi connectivity index (χ0n) is 17.9. The summed E-state index contributed by atoms with van der Waals surface area (Å²) in [5.74, 6) is 0.277. The quantitative estimate of drug-likeness (QED) is 0.650. The van der Waals surface area contributed by atoms with Gasteiger partial charge >= 0.3 is 0 Å². The first-order valence-corrected chi connectivity index (χ1v) is 12.0. The minimum atomic E-state index is -3.62. The normalized spacial score (nSPS) is 14.8. The van der Waals surface area contributed by atoms with Crippen molar-refractivity contribution in [3.8, 4) is 11.5 Å². The number of anilines is 1. The van der Waals surface area contributed by atoms with Crippen LogP contribution in [0.4, 0.5) is 5.69 Å². The second-order valence-electron chi connectivity index (χ2n) is 7.32. The molecule has 2 aromatic rings. The number of methoxy groups -OCH3 is 1. The fourth-order valence-electron chi connectivity index (χ4n) is 3.54. The van der Waals surface area contributed by atoms with Crippen molar-refractivity contribution in [3.05, 3.63) is 46.5 Å². The van der Waals surface area contributed by atoms with E-state index in [1.807, 2.05) is 6.92 Å². The molecule has 0 bridgehead atoms. The van der Waals surface area contributed by atoms with Crippen molar-refractivity contribution < 1.29 is 22.7 Å². The topological polar surface area (TPSA) is 84.9 Å². The summed E-state index contributed by atoms with van der Waals surface area (Å²) in [7, 11) is -2.15. The Kier molecular flexibility index (Phi) is 7.46. The van der Waals surface area contributed by atoms with Crippen LogP contribution >= 0.6 is 11.6 Å².